The first-order chi connectivity index (χ1) is 6.59. The minimum absolute atomic E-state index is 0.312. The summed E-state index contributed by atoms with van der Waals surface area (Å²) < 4.78 is 0. The standard InChI is InChI=1S/C12H16OS/c1-9-6-10(8-14-9)11(13)7-12(2)4-3-5-12/h6,8H,3-5,7H2,1-2H3. The molecule has 1 aromatic rings. The quantitative estimate of drug-likeness (QED) is 0.690. The highest BCUT2D eigenvalue weighted by Crippen LogP contribution is 2.44. The number of Topliss-reactive ketones (excluding diaryl/α,β-unsaturated/α-hetero) is 1. The molecule has 1 nitrogen and oxygen atoms in total. The molecule has 0 N–H and O–H groups in total. The van der Waals surface area contributed by atoms with Gasteiger partial charge in [-0.15, -0.1) is 11.3 Å². The number of aryl methyl sites for hydroxylation is 1. The Hall–Kier alpha value is -0.630. The molecule has 76 valence electrons. The smallest absolute Gasteiger partial charge is 0.164 e. The van der Waals surface area contributed by atoms with Crippen LogP contribution in [0.5, 0.6) is 0 Å². The van der Waals surface area contributed by atoms with E-state index in [4.69, 9.17) is 0 Å². The van der Waals surface area contributed by atoms with Gasteiger partial charge in [-0.05, 0) is 31.2 Å². The SMILES string of the molecule is Cc1cc(C(=O)CC2(C)CCC2)cs1. The molecule has 0 unspecified atom stereocenters. The van der Waals surface area contributed by atoms with E-state index < -0.39 is 0 Å². The lowest BCUT2D eigenvalue weighted by Gasteiger charge is -2.37. The second kappa shape index (κ2) is 3.50. The third-order valence-electron chi connectivity index (χ3n) is 3.20. The van der Waals surface area contributed by atoms with Gasteiger partial charge in [0.25, 0.3) is 0 Å². The number of carbonyl (C=O) groups excluding carboxylic acids is 1. The third-order valence-corrected chi connectivity index (χ3v) is 4.06. The van der Waals surface area contributed by atoms with Crippen LogP contribution in [0.2, 0.25) is 0 Å². The molecule has 1 saturated carbocycles. The van der Waals surface area contributed by atoms with E-state index in [9.17, 15) is 4.79 Å². The van der Waals surface area contributed by atoms with Crippen molar-refractivity contribution in [2.75, 3.05) is 0 Å². The summed E-state index contributed by atoms with van der Waals surface area (Å²) in [6.45, 7) is 4.28. The molecule has 1 fully saturated rings. The van der Waals surface area contributed by atoms with Crippen LogP contribution in [0.15, 0.2) is 11.4 Å². The summed E-state index contributed by atoms with van der Waals surface area (Å²) in [5, 5.41) is 1.99. The van der Waals surface area contributed by atoms with Crippen molar-refractivity contribution in [1.29, 1.82) is 0 Å². The van der Waals surface area contributed by atoms with E-state index in [1.165, 1.54) is 24.1 Å². The molecule has 0 radical (unpaired) electrons. The Balaban J connectivity index is 2.02. The first-order valence-electron chi connectivity index (χ1n) is 5.17. The number of hydrogen-bond donors (Lipinski definition) is 0. The largest absolute Gasteiger partial charge is 0.294 e. The van der Waals surface area contributed by atoms with Crippen molar-refractivity contribution in [1.82, 2.24) is 0 Å². The van der Waals surface area contributed by atoms with Crippen LogP contribution in [0.1, 0.15) is 47.8 Å². The lowest BCUT2D eigenvalue weighted by atomic mass is 9.67. The van der Waals surface area contributed by atoms with Crippen LogP contribution in [0.25, 0.3) is 0 Å². The highest BCUT2D eigenvalue weighted by Gasteiger charge is 2.34. The van der Waals surface area contributed by atoms with E-state index in [0.717, 1.165) is 12.0 Å². The summed E-state index contributed by atoms with van der Waals surface area (Å²) in [5.74, 6) is 0.330. The third kappa shape index (κ3) is 1.90. The van der Waals surface area contributed by atoms with Gasteiger partial charge in [-0.3, -0.25) is 4.79 Å². The molecule has 0 spiro atoms. The minimum atomic E-state index is 0.312. The first-order valence-corrected chi connectivity index (χ1v) is 6.05. The molecular weight excluding hydrogens is 192 g/mol. The van der Waals surface area contributed by atoms with Crippen molar-refractivity contribution in [3.63, 3.8) is 0 Å². The monoisotopic (exact) mass is 208 g/mol. The molecule has 0 aliphatic heterocycles. The Bertz CT molecular complexity index is 347. The van der Waals surface area contributed by atoms with Gasteiger partial charge < -0.3 is 0 Å². The normalized spacial score (nSPS) is 19.0. The number of hydrogen-bond acceptors (Lipinski definition) is 2. The molecule has 1 aromatic heterocycles. The lowest BCUT2D eigenvalue weighted by molar-refractivity contribution is 0.0817. The molecule has 0 amide bonds. The molecule has 2 heteroatoms. The van der Waals surface area contributed by atoms with Crippen LogP contribution in [-0.4, -0.2) is 5.78 Å². The topological polar surface area (TPSA) is 17.1 Å². The molecule has 0 atom stereocenters. The summed E-state index contributed by atoms with van der Waals surface area (Å²) in [5.41, 5.74) is 1.23. The molecule has 14 heavy (non-hydrogen) atoms. The summed E-state index contributed by atoms with van der Waals surface area (Å²) in [6.07, 6.45) is 4.49. The van der Waals surface area contributed by atoms with E-state index >= 15 is 0 Å². The maximum atomic E-state index is 11.9. The van der Waals surface area contributed by atoms with Crippen LogP contribution >= 0.6 is 11.3 Å². The van der Waals surface area contributed by atoms with Gasteiger partial charge in [0, 0.05) is 22.2 Å². The average Bonchev–Trinajstić information content (AvgIpc) is 2.49. The van der Waals surface area contributed by atoms with E-state index in [1.807, 2.05) is 18.4 Å². The van der Waals surface area contributed by atoms with E-state index in [1.54, 1.807) is 11.3 Å². The van der Waals surface area contributed by atoms with E-state index in [2.05, 4.69) is 6.92 Å². The zero-order valence-corrected chi connectivity index (χ0v) is 9.62. The maximum absolute atomic E-state index is 11.9. The predicted molar refractivity (Wildman–Crippen MR) is 60.0 cm³/mol. The predicted octanol–water partition coefficient (Wildman–Crippen LogP) is 3.82. The molecular formula is C12H16OS. The molecule has 2 rings (SSSR count). The molecule has 1 heterocycles. The van der Waals surface area contributed by atoms with Gasteiger partial charge in [0.15, 0.2) is 5.78 Å². The second-order valence-electron chi connectivity index (χ2n) is 4.71. The molecule has 0 bridgehead atoms. The number of ketones is 1. The summed E-state index contributed by atoms with van der Waals surface area (Å²) in [6, 6.07) is 2.01. The molecule has 0 aromatic carbocycles. The van der Waals surface area contributed by atoms with Crippen molar-refractivity contribution >= 4 is 17.1 Å². The van der Waals surface area contributed by atoms with Crippen molar-refractivity contribution in [3.8, 4) is 0 Å². The van der Waals surface area contributed by atoms with Gasteiger partial charge in [-0.25, -0.2) is 0 Å². The average molecular weight is 208 g/mol. The van der Waals surface area contributed by atoms with Gasteiger partial charge in [-0.2, -0.15) is 0 Å². The van der Waals surface area contributed by atoms with Crippen molar-refractivity contribution < 1.29 is 4.79 Å². The highest BCUT2D eigenvalue weighted by atomic mass is 32.1. The van der Waals surface area contributed by atoms with Crippen molar-refractivity contribution in [2.45, 2.75) is 39.5 Å². The lowest BCUT2D eigenvalue weighted by Crippen LogP contribution is -2.28. The molecule has 0 saturated heterocycles. The van der Waals surface area contributed by atoms with E-state index in [0.29, 0.717) is 11.2 Å². The molecule has 1 aliphatic carbocycles. The zero-order valence-electron chi connectivity index (χ0n) is 8.80. The number of rotatable bonds is 3. The van der Waals surface area contributed by atoms with Gasteiger partial charge in [0.1, 0.15) is 0 Å². The van der Waals surface area contributed by atoms with Crippen molar-refractivity contribution in [3.05, 3.63) is 21.9 Å². The van der Waals surface area contributed by atoms with Crippen LogP contribution in [0.4, 0.5) is 0 Å². The highest BCUT2D eigenvalue weighted by molar-refractivity contribution is 7.10. The van der Waals surface area contributed by atoms with Gasteiger partial charge in [0.05, 0.1) is 0 Å². The fourth-order valence-corrected chi connectivity index (χ4v) is 2.74. The Kier molecular flexibility index (Phi) is 2.48. The Morgan fingerprint density at radius 3 is 2.71 bits per heavy atom. The summed E-state index contributed by atoms with van der Waals surface area (Å²) in [4.78, 5) is 13.1. The van der Waals surface area contributed by atoms with Crippen LogP contribution in [0.3, 0.4) is 0 Å². The Morgan fingerprint density at radius 1 is 1.57 bits per heavy atom. The van der Waals surface area contributed by atoms with Crippen LogP contribution in [-0.2, 0) is 0 Å². The fourth-order valence-electron chi connectivity index (χ4n) is 2.04. The van der Waals surface area contributed by atoms with Gasteiger partial charge in [-0.1, -0.05) is 13.3 Å². The van der Waals surface area contributed by atoms with Crippen molar-refractivity contribution in [2.24, 2.45) is 5.41 Å². The van der Waals surface area contributed by atoms with Crippen LogP contribution in [0, 0.1) is 12.3 Å². The zero-order chi connectivity index (χ0) is 10.2. The maximum Gasteiger partial charge on any atom is 0.164 e. The van der Waals surface area contributed by atoms with Crippen LogP contribution < -0.4 is 0 Å². The summed E-state index contributed by atoms with van der Waals surface area (Å²) in [7, 11) is 0. The van der Waals surface area contributed by atoms with E-state index in [-0.39, 0.29) is 0 Å². The van der Waals surface area contributed by atoms with Gasteiger partial charge >= 0.3 is 0 Å². The first kappa shape index (κ1) is 9.91. The number of carbonyl (C=O) groups is 1. The Labute approximate surface area is 89.1 Å². The number of thiophene rings is 1. The minimum Gasteiger partial charge on any atom is -0.294 e. The second-order valence-corrected chi connectivity index (χ2v) is 5.83. The Morgan fingerprint density at radius 2 is 2.29 bits per heavy atom. The fraction of sp³-hybridized carbons (Fsp3) is 0.583. The summed E-state index contributed by atoms with van der Waals surface area (Å²) >= 11 is 1.66. The van der Waals surface area contributed by atoms with Gasteiger partial charge in [0.2, 0.25) is 0 Å². The molecule has 1 aliphatic rings.